The molecule has 0 atom stereocenters. The van der Waals surface area contributed by atoms with Gasteiger partial charge in [0.05, 0.1) is 11.4 Å². The van der Waals surface area contributed by atoms with Gasteiger partial charge in [-0.05, 0) is 42.5 Å². The number of carbonyl (C=O) groups excluding carboxylic acids is 1. The second-order valence-corrected chi connectivity index (χ2v) is 4.80. The van der Waals surface area contributed by atoms with Gasteiger partial charge in [0, 0.05) is 18.1 Å². The van der Waals surface area contributed by atoms with Crippen LogP contribution in [0.15, 0.2) is 46.9 Å². The zero-order valence-corrected chi connectivity index (χ0v) is 11.8. The number of nitrogens with two attached hydrogens (primary N) is 1. The number of hydrogen-bond acceptors (Lipinski definition) is 4. The number of rotatable bonds is 3. The summed E-state index contributed by atoms with van der Waals surface area (Å²) < 4.78 is 18.7. The molecule has 5 nitrogen and oxygen atoms in total. The van der Waals surface area contributed by atoms with Gasteiger partial charge in [-0.15, -0.1) is 0 Å². The van der Waals surface area contributed by atoms with E-state index in [9.17, 15) is 9.18 Å². The van der Waals surface area contributed by atoms with Crippen LogP contribution in [0.3, 0.4) is 0 Å². The van der Waals surface area contributed by atoms with E-state index in [1.165, 1.54) is 12.1 Å². The van der Waals surface area contributed by atoms with E-state index in [-0.39, 0.29) is 17.1 Å². The third-order valence-electron chi connectivity index (χ3n) is 3.29. The fraction of sp³-hybridized carbons (Fsp3) is 0.0625. The molecular formula is C16H14FN3O2. The Morgan fingerprint density at radius 2 is 2.00 bits per heavy atom. The lowest BCUT2D eigenvalue weighted by Gasteiger charge is -2.06. The van der Waals surface area contributed by atoms with Crippen LogP contribution in [0.1, 0.15) is 10.6 Å². The first-order valence-electron chi connectivity index (χ1n) is 6.64. The monoisotopic (exact) mass is 299 g/mol. The summed E-state index contributed by atoms with van der Waals surface area (Å²) in [5.41, 5.74) is 7.70. The summed E-state index contributed by atoms with van der Waals surface area (Å²) in [5, 5.41) is 6.35. The van der Waals surface area contributed by atoms with Crippen molar-refractivity contribution in [3.63, 3.8) is 0 Å². The molecule has 3 rings (SSSR count). The zero-order chi connectivity index (χ0) is 15.7. The fourth-order valence-electron chi connectivity index (χ4n) is 2.13. The van der Waals surface area contributed by atoms with Crippen molar-refractivity contribution in [2.75, 3.05) is 23.4 Å². The zero-order valence-electron chi connectivity index (χ0n) is 11.8. The first-order chi connectivity index (χ1) is 10.6. The predicted molar refractivity (Wildman–Crippen MR) is 84.5 cm³/mol. The van der Waals surface area contributed by atoms with Crippen molar-refractivity contribution < 1.29 is 13.6 Å². The maximum absolute atomic E-state index is 13.2. The summed E-state index contributed by atoms with van der Waals surface area (Å²) >= 11 is 0. The predicted octanol–water partition coefficient (Wildman–Crippen LogP) is 3.45. The van der Waals surface area contributed by atoms with Crippen LogP contribution < -0.4 is 16.4 Å². The van der Waals surface area contributed by atoms with E-state index in [1.807, 2.05) is 19.2 Å². The lowest BCUT2D eigenvalue weighted by Crippen LogP contribution is -2.12. The van der Waals surface area contributed by atoms with Crippen LogP contribution in [0.2, 0.25) is 0 Å². The van der Waals surface area contributed by atoms with Gasteiger partial charge in [-0.3, -0.25) is 4.79 Å². The molecule has 1 amide bonds. The van der Waals surface area contributed by atoms with Gasteiger partial charge >= 0.3 is 0 Å². The molecule has 0 radical (unpaired) electrons. The molecule has 1 aromatic heterocycles. The van der Waals surface area contributed by atoms with Crippen LogP contribution >= 0.6 is 0 Å². The maximum Gasteiger partial charge on any atom is 0.291 e. The molecule has 0 spiro atoms. The number of carbonyl (C=O) groups is 1. The Balaban J connectivity index is 1.90. The molecule has 0 aliphatic carbocycles. The van der Waals surface area contributed by atoms with Crippen LogP contribution in [0.5, 0.6) is 0 Å². The van der Waals surface area contributed by atoms with E-state index in [1.54, 1.807) is 12.1 Å². The Hall–Kier alpha value is -3.02. The van der Waals surface area contributed by atoms with Gasteiger partial charge in [-0.1, -0.05) is 0 Å². The summed E-state index contributed by atoms with van der Waals surface area (Å²) in [6.45, 7) is 0. The highest BCUT2D eigenvalue weighted by molar-refractivity contribution is 6.06. The smallest absolute Gasteiger partial charge is 0.291 e. The number of benzene rings is 2. The van der Waals surface area contributed by atoms with Crippen molar-refractivity contribution in [2.24, 2.45) is 0 Å². The molecule has 3 aromatic rings. The van der Waals surface area contributed by atoms with Gasteiger partial charge in [0.1, 0.15) is 11.4 Å². The topological polar surface area (TPSA) is 80.3 Å². The Morgan fingerprint density at radius 3 is 2.77 bits per heavy atom. The van der Waals surface area contributed by atoms with Gasteiger partial charge in [0.25, 0.3) is 5.91 Å². The summed E-state index contributed by atoms with van der Waals surface area (Å²) in [6, 6.07) is 10.9. The number of anilines is 3. The van der Waals surface area contributed by atoms with Crippen LogP contribution in [0, 0.1) is 5.82 Å². The number of nitrogen functional groups attached to an aromatic ring is 1. The molecule has 22 heavy (non-hydrogen) atoms. The third kappa shape index (κ3) is 2.58. The normalized spacial score (nSPS) is 10.6. The van der Waals surface area contributed by atoms with Crippen molar-refractivity contribution in [3.8, 4) is 0 Å². The van der Waals surface area contributed by atoms with E-state index in [0.29, 0.717) is 5.58 Å². The van der Waals surface area contributed by atoms with Crippen molar-refractivity contribution in [2.45, 2.75) is 0 Å². The van der Waals surface area contributed by atoms with Gasteiger partial charge in [0.15, 0.2) is 5.76 Å². The lowest BCUT2D eigenvalue weighted by molar-refractivity contribution is 0.0999. The van der Waals surface area contributed by atoms with E-state index in [2.05, 4.69) is 10.6 Å². The van der Waals surface area contributed by atoms with Crippen LogP contribution in [-0.4, -0.2) is 13.0 Å². The van der Waals surface area contributed by atoms with E-state index in [0.717, 1.165) is 17.1 Å². The van der Waals surface area contributed by atoms with E-state index in [4.69, 9.17) is 10.2 Å². The number of hydrogen-bond donors (Lipinski definition) is 3. The minimum Gasteiger partial charge on any atom is -0.451 e. The summed E-state index contributed by atoms with van der Waals surface area (Å²) in [7, 11) is 1.81. The average molecular weight is 299 g/mol. The van der Waals surface area contributed by atoms with E-state index < -0.39 is 11.7 Å². The Bertz CT molecular complexity index is 858. The van der Waals surface area contributed by atoms with Gasteiger partial charge in [-0.2, -0.15) is 0 Å². The molecule has 1 heterocycles. The molecule has 112 valence electrons. The van der Waals surface area contributed by atoms with Crippen LogP contribution in [0.4, 0.5) is 21.5 Å². The number of fused-ring (bicyclic) bond motifs is 1. The van der Waals surface area contributed by atoms with E-state index >= 15 is 0 Å². The van der Waals surface area contributed by atoms with Gasteiger partial charge < -0.3 is 20.8 Å². The number of nitrogens with one attached hydrogen (secondary N) is 2. The van der Waals surface area contributed by atoms with Gasteiger partial charge in [0.2, 0.25) is 0 Å². The fourth-order valence-corrected chi connectivity index (χ4v) is 2.13. The van der Waals surface area contributed by atoms with Crippen LogP contribution in [0.25, 0.3) is 11.0 Å². The minimum absolute atomic E-state index is 0.131. The Labute approximate surface area is 125 Å². The summed E-state index contributed by atoms with van der Waals surface area (Å²) in [6.07, 6.45) is 0. The molecule has 0 aliphatic heterocycles. The van der Waals surface area contributed by atoms with Crippen molar-refractivity contribution in [3.05, 3.63) is 54.0 Å². The third-order valence-corrected chi connectivity index (χ3v) is 3.29. The molecule has 0 aliphatic rings. The standard InChI is InChI=1S/C16H14FN3O2/c1-19-11-3-5-14-9(6-11)7-15(22-14)16(21)20-13-8-10(17)2-4-12(13)18/h2-8,19H,18H2,1H3,(H,20,21). The van der Waals surface area contributed by atoms with Crippen molar-refractivity contribution in [1.82, 2.24) is 0 Å². The molecule has 0 saturated carbocycles. The Morgan fingerprint density at radius 1 is 1.18 bits per heavy atom. The molecule has 0 saturated heterocycles. The highest BCUT2D eigenvalue weighted by Crippen LogP contribution is 2.25. The molecule has 2 aromatic carbocycles. The number of halogens is 1. The molecular weight excluding hydrogens is 285 g/mol. The first-order valence-corrected chi connectivity index (χ1v) is 6.64. The largest absolute Gasteiger partial charge is 0.451 e. The van der Waals surface area contributed by atoms with Gasteiger partial charge in [-0.25, -0.2) is 4.39 Å². The Kier molecular flexibility index (Phi) is 3.42. The minimum atomic E-state index is -0.487. The second-order valence-electron chi connectivity index (χ2n) is 4.80. The van der Waals surface area contributed by atoms with Crippen LogP contribution in [-0.2, 0) is 0 Å². The lowest BCUT2D eigenvalue weighted by atomic mass is 10.2. The molecule has 6 heteroatoms. The number of furan rings is 1. The summed E-state index contributed by atoms with van der Waals surface area (Å²) in [5.74, 6) is -0.834. The molecule has 0 bridgehead atoms. The molecule has 4 N–H and O–H groups in total. The highest BCUT2D eigenvalue weighted by atomic mass is 19.1. The number of amides is 1. The maximum atomic E-state index is 13.2. The first kappa shape index (κ1) is 13.9. The molecule has 0 unspecified atom stereocenters. The quantitative estimate of drug-likeness (QED) is 0.647. The average Bonchev–Trinajstić information content (AvgIpc) is 2.94. The van der Waals surface area contributed by atoms with Crippen molar-refractivity contribution >= 4 is 33.9 Å². The highest BCUT2D eigenvalue weighted by Gasteiger charge is 2.14. The second kappa shape index (κ2) is 5.40. The van der Waals surface area contributed by atoms with Crippen molar-refractivity contribution in [1.29, 1.82) is 0 Å². The SMILES string of the molecule is CNc1ccc2oc(C(=O)Nc3cc(F)ccc3N)cc2c1. The summed E-state index contributed by atoms with van der Waals surface area (Å²) in [4.78, 5) is 12.2. The molecule has 0 fully saturated rings.